The minimum absolute atomic E-state index is 0.0835. The quantitative estimate of drug-likeness (QED) is 0.264. The van der Waals surface area contributed by atoms with E-state index in [0.717, 1.165) is 6.07 Å². The summed E-state index contributed by atoms with van der Waals surface area (Å²) in [6.45, 7) is 1.31. The van der Waals surface area contributed by atoms with Gasteiger partial charge in [0, 0.05) is 30.8 Å². The van der Waals surface area contributed by atoms with Crippen LogP contribution < -0.4 is 16.0 Å². The van der Waals surface area contributed by atoms with Crippen LogP contribution in [-0.4, -0.2) is 28.7 Å². The summed E-state index contributed by atoms with van der Waals surface area (Å²) >= 11 is 0. The molecule has 1 atom stereocenters. The van der Waals surface area contributed by atoms with Crippen molar-refractivity contribution in [1.29, 1.82) is 0 Å². The van der Waals surface area contributed by atoms with Crippen LogP contribution in [0, 0.1) is 0 Å². The standard InChI is InChI=1S/C30H25F3N4O3/c1-19(38)35-26(29(40)37-27-12-6-7-17-34-27)18-20-13-15-21(16-14-20)36-28(39)24-10-3-2-8-22(24)23-9-4-5-11-25(23)30(31,32)33/h2-17,26H,18H2,1H3,(H,35,38)(H,36,39)(H,34,37,40). The second-order valence-corrected chi connectivity index (χ2v) is 8.90. The first-order valence-corrected chi connectivity index (χ1v) is 12.3. The van der Waals surface area contributed by atoms with Gasteiger partial charge >= 0.3 is 6.18 Å². The molecule has 3 amide bonds. The van der Waals surface area contributed by atoms with Gasteiger partial charge in [0.05, 0.1) is 5.56 Å². The van der Waals surface area contributed by atoms with Crippen LogP contribution in [0.4, 0.5) is 24.7 Å². The molecule has 10 heteroatoms. The molecule has 7 nitrogen and oxygen atoms in total. The summed E-state index contributed by atoms with van der Waals surface area (Å²) in [5.74, 6) is -1.05. The molecular weight excluding hydrogens is 521 g/mol. The molecule has 0 aliphatic rings. The van der Waals surface area contributed by atoms with E-state index < -0.39 is 29.6 Å². The lowest BCUT2D eigenvalue weighted by atomic mass is 9.94. The van der Waals surface area contributed by atoms with Gasteiger partial charge in [-0.3, -0.25) is 14.4 Å². The lowest BCUT2D eigenvalue weighted by molar-refractivity contribution is -0.137. The Bertz CT molecular complexity index is 1510. The number of nitrogens with zero attached hydrogens (tertiary/aromatic N) is 1. The number of carbonyl (C=O) groups is 3. The normalized spacial score (nSPS) is 11.8. The average Bonchev–Trinajstić information content (AvgIpc) is 2.93. The summed E-state index contributed by atoms with van der Waals surface area (Å²) in [5.41, 5.74) is 0.417. The second kappa shape index (κ2) is 12.2. The zero-order chi connectivity index (χ0) is 28.7. The number of amides is 3. The number of hydrogen-bond acceptors (Lipinski definition) is 4. The maximum atomic E-state index is 13.6. The van der Waals surface area contributed by atoms with Crippen molar-refractivity contribution < 1.29 is 27.6 Å². The summed E-state index contributed by atoms with van der Waals surface area (Å²) < 4.78 is 40.9. The Balaban J connectivity index is 1.49. The number of halogens is 3. The smallest absolute Gasteiger partial charge is 0.344 e. The Hall–Kier alpha value is -4.99. The number of hydrogen-bond donors (Lipinski definition) is 3. The molecule has 3 N–H and O–H groups in total. The van der Waals surface area contributed by atoms with Gasteiger partial charge in [-0.25, -0.2) is 4.98 Å². The van der Waals surface area contributed by atoms with Crippen LogP contribution in [0.15, 0.2) is 97.2 Å². The van der Waals surface area contributed by atoms with E-state index in [0.29, 0.717) is 17.1 Å². The predicted octanol–water partition coefficient (Wildman–Crippen LogP) is 5.71. The van der Waals surface area contributed by atoms with Crippen molar-refractivity contribution in [2.45, 2.75) is 25.6 Å². The van der Waals surface area contributed by atoms with E-state index in [1.54, 1.807) is 54.6 Å². The van der Waals surface area contributed by atoms with Crippen LogP contribution in [0.3, 0.4) is 0 Å². The number of nitrogens with one attached hydrogen (secondary N) is 3. The number of benzene rings is 3. The van der Waals surface area contributed by atoms with Crippen LogP contribution in [0.2, 0.25) is 0 Å². The SMILES string of the molecule is CC(=O)NC(Cc1ccc(NC(=O)c2ccccc2-c2ccccc2C(F)(F)F)cc1)C(=O)Nc1ccccn1. The van der Waals surface area contributed by atoms with Crippen molar-refractivity contribution in [3.8, 4) is 11.1 Å². The van der Waals surface area contributed by atoms with Crippen LogP contribution in [0.5, 0.6) is 0 Å². The van der Waals surface area contributed by atoms with Crippen LogP contribution >= 0.6 is 0 Å². The van der Waals surface area contributed by atoms with Gasteiger partial charge in [-0.15, -0.1) is 0 Å². The highest BCUT2D eigenvalue weighted by Gasteiger charge is 2.34. The minimum Gasteiger partial charge on any atom is -0.344 e. The highest BCUT2D eigenvalue weighted by Crippen LogP contribution is 2.38. The van der Waals surface area contributed by atoms with Crippen LogP contribution in [0.25, 0.3) is 11.1 Å². The molecule has 4 rings (SSSR count). The molecule has 0 spiro atoms. The maximum absolute atomic E-state index is 13.6. The molecule has 3 aromatic carbocycles. The second-order valence-electron chi connectivity index (χ2n) is 8.90. The number of aromatic nitrogens is 1. The Kier molecular flexibility index (Phi) is 8.58. The van der Waals surface area contributed by atoms with Crippen molar-refractivity contribution in [3.05, 3.63) is 114 Å². The molecule has 0 saturated heterocycles. The third-order valence-electron chi connectivity index (χ3n) is 5.96. The van der Waals surface area contributed by atoms with E-state index in [9.17, 15) is 27.6 Å². The van der Waals surface area contributed by atoms with Gasteiger partial charge in [-0.2, -0.15) is 13.2 Å². The third kappa shape index (κ3) is 7.10. The largest absolute Gasteiger partial charge is 0.417 e. The molecule has 0 bridgehead atoms. The fraction of sp³-hybridized carbons (Fsp3) is 0.133. The Morgan fingerprint density at radius 1 is 0.800 bits per heavy atom. The van der Waals surface area contributed by atoms with Gasteiger partial charge in [0.25, 0.3) is 5.91 Å². The summed E-state index contributed by atoms with van der Waals surface area (Å²) in [5, 5.41) is 8.01. The van der Waals surface area contributed by atoms with Gasteiger partial charge in [-0.1, -0.05) is 54.6 Å². The summed E-state index contributed by atoms with van der Waals surface area (Å²) in [4.78, 5) is 41.6. The highest BCUT2D eigenvalue weighted by atomic mass is 19.4. The summed E-state index contributed by atoms with van der Waals surface area (Å²) in [6, 6.07) is 22.0. The molecule has 4 aromatic rings. The van der Waals surface area contributed by atoms with Crippen LogP contribution in [0.1, 0.15) is 28.4 Å². The number of alkyl halides is 3. The van der Waals surface area contributed by atoms with Crippen molar-refractivity contribution in [2.24, 2.45) is 0 Å². The fourth-order valence-electron chi connectivity index (χ4n) is 4.14. The van der Waals surface area contributed by atoms with Gasteiger partial charge in [0.15, 0.2) is 0 Å². The summed E-state index contributed by atoms with van der Waals surface area (Å²) in [7, 11) is 0. The lowest BCUT2D eigenvalue weighted by Crippen LogP contribution is -2.44. The topological polar surface area (TPSA) is 100 Å². The first kappa shape index (κ1) is 28.0. The highest BCUT2D eigenvalue weighted by molar-refractivity contribution is 6.09. The van der Waals surface area contributed by atoms with Crippen molar-refractivity contribution in [2.75, 3.05) is 10.6 Å². The fourth-order valence-corrected chi connectivity index (χ4v) is 4.14. The molecule has 1 aromatic heterocycles. The minimum atomic E-state index is -4.58. The average molecular weight is 547 g/mol. The molecule has 40 heavy (non-hydrogen) atoms. The van der Waals surface area contributed by atoms with Gasteiger partial charge in [0.2, 0.25) is 11.8 Å². The van der Waals surface area contributed by atoms with E-state index in [4.69, 9.17) is 0 Å². The Morgan fingerprint density at radius 2 is 1.45 bits per heavy atom. The molecule has 0 radical (unpaired) electrons. The molecule has 0 aliphatic carbocycles. The van der Waals surface area contributed by atoms with E-state index in [1.807, 2.05) is 0 Å². The van der Waals surface area contributed by atoms with E-state index in [1.165, 1.54) is 43.5 Å². The monoisotopic (exact) mass is 546 g/mol. The first-order chi connectivity index (χ1) is 19.1. The molecular formula is C30H25F3N4O3. The molecule has 1 heterocycles. The summed E-state index contributed by atoms with van der Waals surface area (Å²) in [6.07, 6.45) is -2.88. The van der Waals surface area contributed by atoms with E-state index in [2.05, 4.69) is 20.9 Å². The number of pyridine rings is 1. The first-order valence-electron chi connectivity index (χ1n) is 12.3. The van der Waals surface area contributed by atoms with E-state index in [-0.39, 0.29) is 29.0 Å². The Labute approximate surface area is 228 Å². The zero-order valence-corrected chi connectivity index (χ0v) is 21.3. The maximum Gasteiger partial charge on any atom is 0.417 e. The van der Waals surface area contributed by atoms with Crippen molar-refractivity contribution >= 4 is 29.2 Å². The number of carbonyl (C=O) groups excluding carboxylic acids is 3. The molecule has 0 fully saturated rings. The molecule has 1 unspecified atom stereocenters. The van der Waals surface area contributed by atoms with Crippen LogP contribution in [-0.2, 0) is 22.2 Å². The van der Waals surface area contributed by atoms with Gasteiger partial charge < -0.3 is 16.0 Å². The third-order valence-corrected chi connectivity index (χ3v) is 5.96. The lowest BCUT2D eigenvalue weighted by Gasteiger charge is -2.18. The number of anilines is 2. The Morgan fingerprint density at radius 3 is 2.10 bits per heavy atom. The van der Waals surface area contributed by atoms with Crippen molar-refractivity contribution in [3.63, 3.8) is 0 Å². The molecule has 0 saturated carbocycles. The van der Waals surface area contributed by atoms with Gasteiger partial charge in [0.1, 0.15) is 11.9 Å². The molecule has 0 aliphatic heterocycles. The number of rotatable bonds is 8. The molecule has 204 valence electrons. The van der Waals surface area contributed by atoms with Gasteiger partial charge in [-0.05, 0) is 53.1 Å². The zero-order valence-electron chi connectivity index (χ0n) is 21.3. The van der Waals surface area contributed by atoms with Crippen molar-refractivity contribution in [1.82, 2.24) is 10.3 Å². The van der Waals surface area contributed by atoms with E-state index >= 15 is 0 Å². The predicted molar refractivity (Wildman–Crippen MR) is 145 cm³/mol.